The van der Waals surface area contributed by atoms with Gasteiger partial charge in [0.25, 0.3) is 11.8 Å². The Bertz CT molecular complexity index is 1050. The highest BCUT2D eigenvalue weighted by Gasteiger charge is 2.13. The Morgan fingerprint density at radius 1 is 0.828 bits per heavy atom. The number of pyridine rings is 1. The summed E-state index contributed by atoms with van der Waals surface area (Å²) in [6.45, 7) is 0. The summed E-state index contributed by atoms with van der Waals surface area (Å²) in [6.07, 6.45) is 1.32. The molecule has 0 aliphatic heterocycles. The van der Waals surface area contributed by atoms with E-state index in [1.54, 1.807) is 12.1 Å². The van der Waals surface area contributed by atoms with Crippen molar-refractivity contribution in [3.8, 4) is 0 Å². The average Bonchev–Trinajstić information content (AvgIpc) is 2.71. The van der Waals surface area contributed by atoms with E-state index in [4.69, 9.17) is 0 Å². The third-order valence-corrected chi connectivity index (χ3v) is 4.07. The maximum atomic E-state index is 13.3. The van der Waals surface area contributed by atoms with E-state index in [1.165, 1.54) is 24.4 Å². The number of carbonyl (C=O) groups excluding carboxylic acids is 2. The minimum absolute atomic E-state index is 0.0367. The highest BCUT2D eigenvalue weighted by Crippen LogP contribution is 2.17. The lowest BCUT2D eigenvalue weighted by Crippen LogP contribution is -2.17. The van der Waals surface area contributed by atoms with E-state index in [2.05, 4.69) is 15.6 Å². The predicted molar refractivity (Wildman–Crippen MR) is 107 cm³/mol. The molecule has 3 rings (SSSR count). The summed E-state index contributed by atoms with van der Waals surface area (Å²) >= 11 is 0. The van der Waals surface area contributed by atoms with Gasteiger partial charge in [-0.05, 0) is 48.5 Å². The first-order chi connectivity index (χ1) is 13.8. The maximum absolute atomic E-state index is 13.3. The first-order valence-electron chi connectivity index (χ1n) is 8.64. The van der Waals surface area contributed by atoms with Gasteiger partial charge >= 0.3 is 0 Å². The molecule has 6 nitrogen and oxygen atoms in total. The lowest BCUT2D eigenvalue weighted by Gasteiger charge is -2.13. The van der Waals surface area contributed by atoms with E-state index in [0.717, 1.165) is 17.8 Å². The molecule has 0 radical (unpaired) electrons. The molecule has 1 heterocycles. The zero-order chi connectivity index (χ0) is 21.0. The third-order valence-electron chi connectivity index (χ3n) is 4.07. The monoisotopic (exact) mass is 396 g/mol. The van der Waals surface area contributed by atoms with Gasteiger partial charge in [-0.3, -0.25) is 14.6 Å². The Balaban J connectivity index is 1.71. The Kier molecular flexibility index (Phi) is 5.82. The molecule has 0 aliphatic rings. The Hall–Kier alpha value is -3.81. The number of aromatic nitrogens is 1. The molecular weight excluding hydrogens is 378 g/mol. The van der Waals surface area contributed by atoms with Crippen LogP contribution in [0.4, 0.5) is 25.8 Å². The topological polar surface area (TPSA) is 74.3 Å². The molecule has 2 N–H and O–H groups in total. The van der Waals surface area contributed by atoms with Crippen LogP contribution in [0.5, 0.6) is 0 Å². The highest BCUT2D eigenvalue weighted by atomic mass is 19.2. The van der Waals surface area contributed by atoms with E-state index in [1.807, 2.05) is 31.1 Å². The summed E-state index contributed by atoms with van der Waals surface area (Å²) in [5.74, 6) is -3.16. The average molecular weight is 396 g/mol. The molecule has 29 heavy (non-hydrogen) atoms. The van der Waals surface area contributed by atoms with E-state index < -0.39 is 23.4 Å². The normalized spacial score (nSPS) is 10.3. The van der Waals surface area contributed by atoms with Crippen LogP contribution in [0.3, 0.4) is 0 Å². The quantitative estimate of drug-likeness (QED) is 0.685. The number of anilines is 3. The van der Waals surface area contributed by atoms with Crippen molar-refractivity contribution >= 4 is 28.9 Å². The maximum Gasteiger partial charge on any atom is 0.274 e. The van der Waals surface area contributed by atoms with Gasteiger partial charge in [0, 0.05) is 49.0 Å². The number of nitrogens with one attached hydrogen (secondary N) is 2. The second kappa shape index (κ2) is 8.47. The van der Waals surface area contributed by atoms with Crippen molar-refractivity contribution in [3.63, 3.8) is 0 Å². The van der Waals surface area contributed by atoms with Crippen molar-refractivity contribution in [1.82, 2.24) is 4.98 Å². The number of nitrogens with zero attached hydrogens (tertiary/aromatic N) is 2. The predicted octanol–water partition coefficient (Wildman–Crippen LogP) is 3.93. The van der Waals surface area contributed by atoms with Crippen molar-refractivity contribution < 1.29 is 18.4 Å². The minimum Gasteiger partial charge on any atom is -0.378 e. The van der Waals surface area contributed by atoms with E-state index >= 15 is 0 Å². The second-order valence-electron chi connectivity index (χ2n) is 6.41. The molecule has 2 aromatic carbocycles. The molecule has 0 spiro atoms. The van der Waals surface area contributed by atoms with Crippen molar-refractivity contribution in [1.29, 1.82) is 0 Å². The molecule has 0 fully saturated rings. The fourth-order valence-corrected chi connectivity index (χ4v) is 2.51. The first kappa shape index (κ1) is 19.9. The van der Waals surface area contributed by atoms with Crippen LogP contribution in [0, 0.1) is 11.6 Å². The molecule has 0 bridgehead atoms. The number of hydrogen-bond acceptors (Lipinski definition) is 4. The van der Waals surface area contributed by atoms with E-state index in [0.29, 0.717) is 5.69 Å². The molecule has 0 unspecified atom stereocenters. The van der Waals surface area contributed by atoms with E-state index in [-0.39, 0.29) is 16.9 Å². The number of rotatable bonds is 5. The second-order valence-corrected chi connectivity index (χ2v) is 6.41. The number of carbonyl (C=O) groups is 2. The van der Waals surface area contributed by atoms with Crippen molar-refractivity contribution in [2.75, 3.05) is 29.6 Å². The number of amides is 2. The van der Waals surface area contributed by atoms with E-state index in [9.17, 15) is 18.4 Å². The first-order valence-corrected chi connectivity index (χ1v) is 8.64. The molecule has 3 aromatic rings. The SMILES string of the molecule is CN(C)c1ccc(NC(=O)c2ccnc(C(=O)Nc3ccc(F)c(F)c3)c2)cc1. The minimum atomic E-state index is -1.08. The van der Waals surface area contributed by atoms with Crippen LogP contribution < -0.4 is 15.5 Å². The van der Waals surface area contributed by atoms with Gasteiger partial charge in [0.15, 0.2) is 11.6 Å². The van der Waals surface area contributed by atoms with Gasteiger partial charge < -0.3 is 15.5 Å². The summed E-state index contributed by atoms with van der Waals surface area (Å²) in [6, 6.07) is 13.0. The lowest BCUT2D eigenvalue weighted by atomic mass is 10.2. The highest BCUT2D eigenvalue weighted by molar-refractivity contribution is 6.07. The van der Waals surface area contributed by atoms with Gasteiger partial charge in [-0.2, -0.15) is 0 Å². The van der Waals surface area contributed by atoms with Crippen molar-refractivity contribution in [3.05, 3.63) is 83.7 Å². The van der Waals surface area contributed by atoms with Gasteiger partial charge in [0.1, 0.15) is 5.69 Å². The zero-order valence-electron chi connectivity index (χ0n) is 15.7. The van der Waals surface area contributed by atoms with Crippen LogP contribution in [-0.2, 0) is 0 Å². The summed E-state index contributed by atoms with van der Waals surface area (Å²) in [4.78, 5) is 30.7. The number of benzene rings is 2. The third kappa shape index (κ3) is 4.92. The van der Waals surface area contributed by atoms with Crippen LogP contribution in [0.15, 0.2) is 60.8 Å². The molecule has 8 heteroatoms. The van der Waals surface area contributed by atoms with Crippen LogP contribution in [-0.4, -0.2) is 30.9 Å². The fourth-order valence-electron chi connectivity index (χ4n) is 2.51. The summed E-state index contributed by atoms with van der Waals surface area (Å²) in [7, 11) is 3.83. The molecule has 2 amide bonds. The molecule has 0 saturated heterocycles. The van der Waals surface area contributed by atoms with Crippen LogP contribution in [0.2, 0.25) is 0 Å². The largest absolute Gasteiger partial charge is 0.378 e. The van der Waals surface area contributed by atoms with Gasteiger partial charge in [0.2, 0.25) is 0 Å². The number of halogens is 2. The summed E-state index contributed by atoms with van der Waals surface area (Å²) in [5.41, 5.74) is 1.86. The van der Waals surface area contributed by atoms with Crippen LogP contribution in [0.1, 0.15) is 20.8 Å². The molecule has 0 saturated carbocycles. The molecule has 0 atom stereocenters. The smallest absolute Gasteiger partial charge is 0.274 e. The van der Waals surface area contributed by atoms with Gasteiger partial charge in [0.05, 0.1) is 0 Å². The van der Waals surface area contributed by atoms with Crippen LogP contribution in [0.25, 0.3) is 0 Å². The number of hydrogen-bond donors (Lipinski definition) is 2. The molecule has 148 valence electrons. The van der Waals surface area contributed by atoms with Crippen molar-refractivity contribution in [2.45, 2.75) is 0 Å². The molecular formula is C21H18F2N4O2. The molecule has 0 aliphatic carbocycles. The molecule has 1 aromatic heterocycles. The zero-order valence-corrected chi connectivity index (χ0v) is 15.7. The lowest BCUT2D eigenvalue weighted by molar-refractivity contribution is 0.102. The summed E-state index contributed by atoms with van der Waals surface area (Å²) in [5, 5.41) is 5.16. The Morgan fingerprint density at radius 3 is 2.14 bits per heavy atom. The standard InChI is InChI=1S/C21H18F2N4O2/c1-27(2)16-6-3-14(4-7-16)25-20(28)13-9-10-24-19(11-13)21(29)26-15-5-8-17(22)18(23)12-15/h3-12H,1-2H3,(H,25,28)(H,26,29). The fraction of sp³-hybridized carbons (Fsp3) is 0.0952. The van der Waals surface area contributed by atoms with Gasteiger partial charge in [-0.25, -0.2) is 8.78 Å². The van der Waals surface area contributed by atoms with Crippen molar-refractivity contribution in [2.24, 2.45) is 0 Å². The van der Waals surface area contributed by atoms with Gasteiger partial charge in [-0.15, -0.1) is 0 Å². The summed E-state index contributed by atoms with van der Waals surface area (Å²) < 4.78 is 26.3. The Labute approximate surface area is 166 Å². The van der Waals surface area contributed by atoms with Gasteiger partial charge in [-0.1, -0.05) is 0 Å². The Morgan fingerprint density at radius 2 is 1.48 bits per heavy atom. The van der Waals surface area contributed by atoms with Crippen LogP contribution >= 0.6 is 0 Å².